The zero-order valence-corrected chi connectivity index (χ0v) is 8.26. The lowest BCUT2D eigenvalue weighted by Crippen LogP contribution is -2.44. The number of ether oxygens (including phenoxy) is 1. The molecule has 0 aromatic heterocycles. The van der Waals surface area contributed by atoms with Crippen molar-refractivity contribution in [3.63, 3.8) is 0 Å². The summed E-state index contributed by atoms with van der Waals surface area (Å²) < 4.78 is 4.97. The van der Waals surface area contributed by atoms with Crippen molar-refractivity contribution in [3.05, 3.63) is 0 Å². The summed E-state index contributed by atoms with van der Waals surface area (Å²) in [5, 5.41) is 0. The van der Waals surface area contributed by atoms with Crippen molar-refractivity contribution in [3.8, 4) is 0 Å². The molecule has 0 radical (unpaired) electrons. The molecule has 1 rings (SSSR count). The Labute approximate surface area is 70.5 Å². The fourth-order valence-electron chi connectivity index (χ4n) is 1.19. The summed E-state index contributed by atoms with van der Waals surface area (Å²) in [4.78, 5) is 2.37. The first kappa shape index (κ1) is 10.9. The van der Waals surface area contributed by atoms with E-state index in [1.807, 2.05) is 13.8 Å². The Bertz CT molecular complexity index is 85.6. The molecule has 1 aliphatic heterocycles. The summed E-state index contributed by atoms with van der Waals surface area (Å²) in [7, 11) is 3.93. The molecule has 68 valence electrons. The minimum atomic E-state index is 0.810. The zero-order valence-electron chi connectivity index (χ0n) is 8.26. The van der Waals surface area contributed by atoms with Crippen LogP contribution >= 0.6 is 0 Å². The fourth-order valence-corrected chi connectivity index (χ4v) is 1.19. The van der Waals surface area contributed by atoms with Gasteiger partial charge in [-0.25, -0.2) is 0 Å². The molecule has 1 fully saturated rings. The normalized spacial score (nSPS) is 23.5. The quantitative estimate of drug-likeness (QED) is 0.622. The molecule has 0 aliphatic carbocycles. The van der Waals surface area contributed by atoms with E-state index in [1.54, 1.807) is 7.11 Å². The minimum Gasteiger partial charge on any atom is -0.385 e. The molecule has 2 heteroatoms. The topological polar surface area (TPSA) is 12.5 Å². The Morgan fingerprint density at radius 1 is 1.45 bits per heavy atom. The van der Waals surface area contributed by atoms with Gasteiger partial charge < -0.3 is 9.64 Å². The lowest BCUT2D eigenvalue weighted by Gasteiger charge is -2.37. The molecule has 1 aliphatic rings. The summed E-state index contributed by atoms with van der Waals surface area (Å²) >= 11 is 0. The van der Waals surface area contributed by atoms with Crippen molar-refractivity contribution in [2.45, 2.75) is 32.7 Å². The molecular weight excluding hydrogens is 138 g/mol. The van der Waals surface area contributed by atoms with Crippen molar-refractivity contribution in [2.75, 3.05) is 27.3 Å². The molecule has 1 unspecified atom stereocenters. The Balaban J connectivity index is 0.000000461. The van der Waals surface area contributed by atoms with Gasteiger partial charge in [-0.2, -0.15) is 0 Å². The molecule has 1 atom stereocenters. The number of rotatable bonds is 3. The fraction of sp³-hybridized carbons (Fsp3) is 1.00. The van der Waals surface area contributed by atoms with E-state index in [0.29, 0.717) is 0 Å². The van der Waals surface area contributed by atoms with E-state index in [-0.39, 0.29) is 0 Å². The molecule has 0 bridgehead atoms. The average Bonchev–Trinajstić information content (AvgIpc) is 2.06. The molecule has 1 heterocycles. The first-order valence-electron chi connectivity index (χ1n) is 4.54. The molecule has 11 heavy (non-hydrogen) atoms. The SMILES string of the molecule is CC.COCCC1CCN1C. The highest BCUT2D eigenvalue weighted by atomic mass is 16.5. The van der Waals surface area contributed by atoms with Crippen LogP contribution in [0.4, 0.5) is 0 Å². The van der Waals surface area contributed by atoms with E-state index < -0.39 is 0 Å². The summed E-state index contributed by atoms with van der Waals surface area (Å²) in [5.74, 6) is 0. The van der Waals surface area contributed by atoms with Crippen LogP contribution in [0.2, 0.25) is 0 Å². The maximum absolute atomic E-state index is 4.97. The van der Waals surface area contributed by atoms with E-state index in [4.69, 9.17) is 4.74 Å². The molecule has 0 spiro atoms. The molecule has 0 saturated carbocycles. The third kappa shape index (κ3) is 3.73. The van der Waals surface area contributed by atoms with Gasteiger partial charge >= 0.3 is 0 Å². The molecule has 0 amide bonds. The van der Waals surface area contributed by atoms with Crippen LogP contribution in [0.1, 0.15) is 26.7 Å². The standard InChI is InChI=1S/C7H15NO.C2H6/c1-8-5-3-7(8)4-6-9-2;1-2/h7H,3-6H2,1-2H3;1-2H3. The Kier molecular flexibility index (Phi) is 6.57. The lowest BCUT2D eigenvalue weighted by atomic mass is 10.0. The third-order valence-corrected chi connectivity index (χ3v) is 2.09. The van der Waals surface area contributed by atoms with Crippen molar-refractivity contribution in [2.24, 2.45) is 0 Å². The second-order valence-corrected chi connectivity index (χ2v) is 2.70. The van der Waals surface area contributed by atoms with Gasteiger partial charge in [0.05, 0.1) is 0 Å². The van der Waals surface area contributed by atoms with Gasteiger partial charge in [0.2, 0.25) is 0 Å². The zero-order chi connectivity index (χ0) is 8.69. The molecule has 2 nitrogen and oxygen atoms in total. The van der Waals surface area contributed by atoms with Crippen LogP contribution in [0.15, 0.2) is 0 Å². The van der Waals surface area contributed by atoms with Crippen LogP contribution in [0.3, 0.4) is 0 Å². The summed E-state index contributed by atoms with van der Waals surface area (Å²) in [6, 6.07) is 0.810. The van der Waals surface area contributed by atoms with Gasteiger partial charge in [-0.15, -0.1) is 0 Å². The van der Waals surface area contributed by atoms with Gasteiger partial charge in [0.1, 0.15) is 0 Å². The van der Waals surface area contributed by atoms with Crippen LogP contribution in [0.5, 0.6) is 0 Å². The van der Waals surface area contributed by atoms with Crippen LogP contribution in [0.25, 0.3) is 0 Å². The van der Waals surface area contributed by atoms with Crippen LogP contribution < -0.4 is 0 Å². The Morgan fingerprint density at radius 3 is 2.36 bits per heavy atom. The second kappa shape index (κ2) is 6.62. The second-order valence-electron chi connectivity index (χ2n) is 2.70. The van der Waals surface area contributed by atoms with Gasteiger partial charge in [-0.05, 0) is 26.4 Å². The van der Waals surface area contributed by atoms with Crippen LogP contribution in [-0.2, 0) is 4.74 Å². The molecule has 0 aromatic rings. The first-order chi connectivity index (χ1) is 5.34. The summed E-state index contributed by atoms with van der Waals surface area (Å²) in [6.45, 7) is 6.18. The lowest BCUT2D eigenvalue weighted by molar-refractivity contribution is 0.0836. The largest absolute Gasteiger partial charge is 0.385 e. The van der Waals surface area contributed by atoms with Crippen molar-refractivity contribution >= 4 is 0 Å². The van der Waals surface area contributed by atoms with Gasteiger partial charge in [-0.1, -0.05) is 13.8 Å². The minimum absolute atomic E-state index is 0.810. The van der Waals surface area contributed by atoms with E-state index >= 15 is 0 Å². The average molecular weight is 159 g/mol. The Hall–Kier alpha value is -0.0800. The van der Waals surface area contributed by atoms with E-state index in [2.05, 4.69) is 11.9 Å². The van der Waals surface area contributed by atoms with Gasteiger partial charge in [-0.3, -0.25) is 0 Å². The maximum atomic E-state index is 4.97. The number of nitrogens with zero attached hydrogens (tertiary/aromatic N) is 1. The maximum Gasteiger partial charge on any atom is 0.0477 e. The summed E-state index contributed by atoms with van der Waals surface area (Å²) in [5.41, 5.74) is 0. The van der Waals surface area contributed by atoms with Crippen molar-refractivity contribution < 1.29 is 4.74 Å². The van der Waals surface area contributed by atoms with Gasteiger partial charge in [0.25, 0.3) is 0 Å². The van der Waals surface area contributed by atoms with E-state index in [1.165, 1.54) is 19.4 Å². The van der Waals surface area contributed by atoms with Crippen molar-refractivity contribution in [1.82, 2.24) is 4.90 Å². The number of methoxy groups -OCH3 is 1. The van der Waals surface area contributed by atoms with Crippen LogP contribution in [-0.4, -0.2) is 38.3 Å². The van der Waals surface area contributed by atoms with E-state index in [9.17, 15) is 0 Å². The van der Waals surface area contributed by atoms with Crippen LogP contribution in [0, 0.1) is 0 Å². The monoisotopic (exact) mass is 159 g/mol. The van der Waals surface area contributed by atoms with Gasteiger partial charge in [0, 0.05) is 19.8 Å². The van der Waals surface area contributed by atoms with Crippen molar-refractivity contribution in [1.29, 1.82) is 0 Å². The highest BCUT2D eigenvalue weighted by Crippen LogP contribution is 2.16. The molecule has 1 saturated heterocycles. The summed E-state index contributed by atoms with van der Waals surface area (Å²) in [6.07, 6.45) is 2.56. The number of hydrogen-bond acceptors (Lipinski definition) is 2. The first-order valence-corrected chi connectivity index (χ1v) is 4.54. The predicted octanol–water partition coefficient (Wildman–Crippen LogP) is 1.75. The molecule has 0 N–H and O–H groups in total. The molecular formula is C9H21NO. The molecule has 0 aromatic carbocycles. The Morgan fingerprint density at radius 2 is 2.09 bits per heavy atom. The smallest absolute Gasteiger partial charge is 0.0477 e. The van der Waals surface area contributed by atoms with E-state index in [0.717, 1.165) is 12.6 Å². The highest BCUT2D eigenvalue weighted by molar-refractivity contribution is 4.78. The number of hydrogen-bond donors (Lipinski definition) is 0. The predicted molar refractivity (Wildman–Crippen MR) is 48.9 cm³/mol. The number of likely N-dealkylation sites (tertiary alicyclic amines) is 1. The van der Waals surface area contributed by atoms with Gasteiger partial charge in [0.15, 0.2) is 0 Å². The highest BCUT2D eigenvalue weighted by Gasteiger charge is 2.22. The third-order valence-electron chi connectivity index (χ3n) is 2.09.